The lowest BCUT2D eigenvalue weighted by molar-refractivity contribution is -0.161. The van der Waals surface area contributed by atoms with E-state index in [-0.39, 0.29) is 5.92 Å². The number of nitrogens with two attached hydrogens (primary N) is 1. The molecule has 2 N–H and O–H groups in total. The van der Waals surface area contributed by atoms with Crippen molar-refractivity contribution in [2.75, 3.05) is 0 Å². The van der Waals surface area contributed by atoms with Crippen molar-refractivity contribution in [2.24, 2.45) is 11.7 Å². The standard InChI is InChI=1S/C20H39NO3/c1-4-6-7-8-9-10-11-12-13-14-15-16-18(22)24-20(23)19(21)17(3)5-2/h17,19H,4-16,21H2,1-3H3/t17-,19-/m0/s1. The normalized spacial score (nSPS) is 13.5. The number of carbonyl (C=O) groups is 2. The first kappa shape index (κ1) is 23.1. The van der Waals surface area contributed by atoms with Crippen LogP contribution in [0.2, 0.25) is 0 Å². The van der Waals surface area contributed by atoms with E-state index in [0.29, 0.717) is 6.42 Å². The first-order valence-electron chi connectivity index (χ1n) is 10.0. The summed E-state index contributed by atoms with van der Waals surface area (Å²) in [4.78, 5) is 23.3. The van der Waals surface area contributed by atoms with Gasteiger partial charge in [0.1, 0.15) is 6.04 Å². The van der Waals surface area contributed by atoms with E-state index in [9.17, 15) is 9.59 Å². The zero-order valence-corrected chi connectivity index (χ0v) is 16.1. The lowest BCUT2D eigenvalue weighted by Gasteiger charge is -2.15. The molecule has 0 aliphatic rings. The maximum atomic E-state index is 11.7. The monoisotopic (exact) mass is 341 g/mol. The van der Waals surface area contributed by atoms with Crippen molar-refractivity contribution in [1.29, 1.82) is 0 Å². The fourth-order valence-corrected chi connectivity index (χ4v) is 2.65. The van der Waals surface area contributed by atoms with E-state index in [1.54, 1.807) is 0 Å². The molecule has 0 fully saturated rings. The smallest absolute Gasteiger partial charge is 0.330 e. The van der Waals surface area contributed by atoms with Gasteiger partial charge in [-0.2, -0.15) is 0 Å². The second-order valence-corrected chi connectivity index (χ2v) is 6.99. The molecule has 0 radical (unpaired) electrons. The second kappa shape index (κ2) is 15.6. The molecule has 0 aromatic carbocycles. The van der Waals surface area contributed by atoms with E-state index in [1.807, 2.05) is 13.8 Å². The van der Waals surface area contributed by atoms with E-state index >= 15 is 0 Å². The summed E-state index contributed by atoms with van der Waals surface area (Å²) in [5, 5.41) is 0. The number of ether oxygens (including phenoxy) is 1. The molecule has 0 aliphatic heterocycles. The van der Waals surface area contributed by atoms with Gasteiger partial charge in [0.15, 0.2) is 0 Å². The zero-order valence-electron chi connectivity index (χ0n) is 16.1. The molecule has 4 heteroatoms. The van der Waals surface area contributed by atoms with Crippen molar-refractivity contribution >= 4 is 11.9 Å². The fraction of sp³-hybridized carbons (Fsp3) is 0.900. The Hall–Kier alpha value is -0.900. The minimum Gasteiger partial charge on any atom is -0.392 e. The molecule has 0 saturated heterocycles. The van der Waals surface area contributed by atoms with E-state index in [2.05, 4.69) is 6.92 Å². The Labute approximate surface area is 148 Å². The van der Waals surface area contributed by atoms with Crippen LogP contribution < -0.4 is 5.73 Å². The fourth-order valence-electron chi connectivity index (χ4n) is 2.65. The number of hydrogen-bond acceptors (Lipinski definition) is 4. The Morgan fingerprint density at radius 2 is 1.29 bits per heavy atom. The number of unbranched alkanes of at least 4 members (excludes halogenated alkanes) is 10. The number of rotatable bonds is 15. The molecule has 0 spiro atoms. The summed E-state index contributed by atoms with van der Waals surface area (Å²) in [6.07, 6.45) is 14.7. The Balaban J connectivity index is 3.48. The van der Waals surface area contributed by atoms with Gasteiger partial charge in [-0.1, -0.05) is 91.4 Å². The van der Waals surface area contributed by atoms with Gasteiger partial charge in [-0.25, -0.2) is 4.79 Å². The third-order valence-electron chi connectivity index (χ3n) is 4.73. The molecule has 2 atom stereocenters. The van der Waals surface area contributed by atoms with Crippen LogP contribution in [0.3, 0.4) is 0 Å². The molecular formula is C20H39NO3. The number of hydrogen-bond donors (Lipinski definition) is 1. The topological polar surface area (TPSA) is 69.4 Å². The molecule has 142 valence electrons. The Morgan fingerprint density at radius 1 is 0.833 bits per heavy atom. The van der Waals surface area contributed by atoms with Gasteiger partial charge >= 0.3 is 11.9 Å². The molecule has 0 aromatic heterocycles. The van der Waals surface area contributed by atoms with Crippen LogP contribution in [0.15, 0.2) is 0 Å². The molecular weight excluding hydrogens is 302 g/mol. The van der Waals surface area contributed by atoms with Gasteiger partial charge < -0.3 is 10.5 Å². The number of esters is 2. The van der Waals surface area contributed by atoms with Crippen LogP contribution in [0, 0.1) is 5.92 Å². The first-order valence-corrected chi connectivity index (χ1v) is 10.0. The largest absolute Gasteiger partial charge is 0.392 e. The summed E-state index contributed by atoms with van der Waals surface area (Å²) in [7, 11) is 0. The van der Waals surface area contributed by atoms with Crippen molar-refractivity contribution < 1.29 is 14.3 Å². The van der Waals surface area contributed by atoms with Crippen LogP contribution in [0.25, 0.3) is 0 Å². The minimum absolute atomic E-state index is 0.0345. The maximum absolute atomic E-state index is 11.7. The predicted octanol–water partition coefficient (Wildman–Crippen LogP) is 5.13. The van der Waals surface area contributed by atoms with Gasteiger partial charge in [0, 0.05) is 6.42 Å². The highest BCUT2D eigenvalue weighted by atomic mass is 16.6. The van der Waals surface area contributed by atoms with E-state index in [1.165, 1.54) is 51.4 Å². The molecule has 0 unspecified atom stereocenters. The average molecular weight is 342 g/mol. The van der Waals surface area contributed by atoms with Gasteiger partial charge in [-0.15, -0.1) is 0 Å². The lowest BCUT2D eigenvalue weighted by Crippen LogP contribution is -2.39. The summed E-state index contributed by atoms with van der Waals surface area (Å²) in [5.74, 6) is -0.987. The van der Waals surface area contributed by atoms with Crippen LogP contribution in [0.4, 0.5) is 0 Å². The number of carbonyl (C=O) groups excluding carboxylic acids is 2. The predicted molar refractivity (Wildman–Crippen MR) is 99.6 cm³/mol. The van der Waals surface area contributed by atoms with E-state index < -0.39 is 18.0 Å². The van der Waals surface area contributed by atoms with Gasteiger partial charge in [-0.3, -0.25) is 4.79 Å². The van der Waals surface area contributed by atoms with Gasteiger partial charge in [0.25, 0.3) is 0 Å². The third kappa shape index (κ3) is 12.5. The minimum atomic E-state index is -0.698. The Bertz CT molecular complexity index is 331. The molecule has 0 aliphatic carbocycles. The highest BCUT2D eigenvalue weighted by Gasteiger charge is 2.23. The van der Waals surface area contributed by atoms with Crippen molar-refractivity contribution in [2.45, 2.75) is 110 Å². The van der Waals surface area contributed by atoms with Crippen molar-refractivity contribution in [3.05, 3.63) is 0 Å². The molecule has 0 saturated carbocycles. The summed E-state index contributed by atoms with van der Waals surface area (Å²) < 4.78 is 4.82. The van der Waals surface area contributed by atoms with Gasteiger partial charge in [0.2, 0.25) is 0 Å². The second-order valence-electron chi connectivity index (χ2n) is 6.99. The van der Waals surface area contributed by atoms with Crippen LogP contribution in [-0.4, -0.2) is 18.0 Å². The van der Waals surface area contributed by atoms with Crippen molar-refractivity contribution in [3.63, 3.8) is 0 Å². The quantitative estimate of drug-likeness (QED) is 0.255. The summed E-state index contributed by atoms with van der Waals surface area (Å²) in [6.45, 7) is 6.09. The SMILES string of the molecule is CCCCCCCCCCCCCC(=O)OC(=O)[C@@H](N)[C@@H](C)CC. The summed E-state index contributed by atoms with van der Waals surface area (Å²) in [5.41, 5.74) is 5.75. The lowest BCUT2D eigenvalue weighted by atomic mass is 10.0. The zero-order chi connectivity index (χ0) is 18.2. The maximum Gasteiger partial charge on any atom is 0.330 e. The molecule has 0 bridgehead atoms. The molecule has 0 amide bonds. The Morgan fingerprint density at radius 3 is 1.75 bits per heavy atom. The molecule has 0 rings (SSSR count). The van der Waals surface area contributed by atoms with E-state index in [4.69, 9.17) is 10.5 Å². The van der Waals surface area contributed by atoms with Crippen LogP contribution in [0.1, 0.15) is 104 Å². The van der Waals surface area contributed by atoms with Gasteiger partial charge in [0.05, 0.1) is 0 Å². The third-order valence-corrected chi connectivity index (χ3v) is 4.73. The first-order chi connectivity index (χ1) is 11.5. The van der Waals surface area contributed by atoms with E-state index in [0.717, 1.165) is 25.7 Å². The summed E-state index contributed by atoms with van der Waals surface area (Å²) in [6, 6.07) is -0.698. The highest BCUT2D eigenvalue weighted by Crippen LogP contribution is 2.12. The Kier molecular flexibility index (Phi) is 15.0. The molecule has 0 aromatic rings. The molecule has 4 nitrogen and oxygen atoms in total. The highest BCUT2D eigenvalue weighted by molar-refractivity contribution is 5.88. The van der Waals surface area contributed by atoms with Gasteiger partial charge in [-0.05, 0) is 12.3 Å². The molecule has 0 heterocycles. The summed E-state index contributed by atoms with van der Waals surface area (Å²) >= 11 is 0. The molecule has 24 heavy (non-hydrogen) atoms. The van der Waals surface area contributed by atoms with Crippen molar-refractivity contribution in [1.82, 2.24) is 0 Å². The van der Waals surface area contributed by atoms with Crippen LogP contribution >= 0.6 is 0 Å². The average Bonchev–Trinajstić information content (AvgIpc) is 2.58. The van der Waals surface area contributed by atoms with Crippen LogP contribution in [0.5, 0.6) is 0 Å². The van der Waals surface area contributed by atoms with Crippen molar-refractivity contribution in [3.8, 4) is 0 Å². The van der Waals surface area contributed by atoms with Crippen LogP contribution in [-0.2, 0) is 14.3 Å².